The molecule has 3 atom stereocenters. The van der Waals surface area contributed by atoms with E-state index < -0.39 is 36.4 Å². The topological polar surface area (TPSA) is 113 Å². The number of nitrogens with one attached hydrogen (secondary N) is 1. The van der Waals surface area contributed by atoms with Crippen LogP contribution in [0.3, 0.4) is 0 Å². The van der Waals surface area contributed by atoms with Crippen molar-refractivity contribution in [1.82, 2.24) is 4.98 Å². The van der Waals surface area contributed by atoms with Gasteiger partial charge in [0, 0.05) is 31.2 Å². The van der Waals surface area contributed by atoms with Crippen LogP contribution in [-0.2, 0) is 33.3 Å². The highest BCUT2D eigenvalue weighted by Crippen LogP contribution is 2.43. The van der Waals surface area contributed by atoms with Gasteiger partial charge in [0.25, 0.3) is 0 Å². The van der Waals surface area contributed by atoms with Crippen molar-refractivity contribution in [2.45, 2.75) is 70.6 Å². The van der Waals surface area contributed by atoms with Crippen molar-refractivity contribution < 1.29 is 38.1 Å². The van der Waals surface area contributed by atoms with E-state index in [1.54, 1.807) is 6.20 Å². The number of H-pyrrole nitrogens is 1. The summed E-state index contributed by atoms with van der Waals surface area (Å²) in [5, 5.41) is 0. The summed E-state index contributed by atoms with van der Waals surface area (Å²) >= 11 is 0. The lowest BCUT2D eigenvalue weighted by atomic mass is 9.95. The van der Waals surface area contributed by atoms with Crippen LogP contribution in [0.5, 0.6) is 0 Å². The molecule has 29 heavy (non-hydrogen) atoms. The van der Waals surface area contributed by atoms with Crippen LogP contribution in [0.15, 0.2) is 6.20 Å². The number of rotatable bonds is 6. The Morgan fingerprint density at radius 3 is 2.48 bits per heavy atom. The van der Waals surface area contributed by atoms with Crippen molar-refractivity contribution in [2.75, 3.05) is 13.7 Å². The smallest absolute Gasteiger partial charge is 0.354 e. The molecule has 1 aliphatic heterocycles. The molecule has 9 heteroatoms. The number of hydrogen-bond acceptors (Lipinski definition) is 8. The van der Waals surface area contributed by atoms with Gasteiger partial charge in [-0.15, -0.1) is 0 Å². The molecule has 2 heterocycles. The van der Waals surface area contributed by atoms with Crippen LogP contribution in [0.1, 0.15) is 80.0 Å². The fourth-order valence-electron chi connectivity index (χ4n) is 3.83. The molecule has 160 valence electrons. The Morgan fingerprint density at radius 2 is 1.86 bits per heavy atom. The molecule has 2 aliphatic rings. The Hall–Kier alpha value is -2.39. The zero-order valence-electron chi connectivity index (χ0n) is 16.9. The molecule has 1 saturated carbocycles. The van der Waals surface area contributed by atoms with Crippen molar-refractivity contribution in [2.24, 2.45) is 0 Å². The van der Waals surface area contributed by atoms with Crippen LogP contribution in [0.2, 0.25) is 0 Å². The minimum absolute atomic E-state index is 0.0257. The lowest BCUT2D eigenvalue weighted by Crippen LogP contribution is -2.39. The normalized spacial score (nSPS) is 24.4. The highest BCUT2D eigenvalue weighted by molar-refractivity contribution is 5.90. The maximum Gasteiger partial charge on any atom is 0.354 e. The number of aromatic nitrogens is 1. The molecule has 1 aromatic rings. The molecule has 0 saturated heterocycles. The minimum atomic E-state index is -0.951. The number of aromatic amines is 1. The SMILES string of the molecule is COC(=O)c1[nH]cc2c1[C@H](OC(C)=O)[C@@H](COC(C)=O)O[C@@H]2OC1CCCCC1. The summed E-state index contributed by atoms with van der Waals surface area (Å²) in [7, 11) is 1.27. The second kappa shape index (κ2) is 9.41. The van der Waals surface area contributed by atoms with E-state index in [9.17, 15) is 14.4 Å². The highest BCUT2D eigenvalue weighted by Gasteiger charge is 2.44. The number of ether oxygens (including phenoxy) is 5. The molecule has 9 nitrogen and oxygen atoms in total. The third kappa shape index (κ3) is 4.97. The molecular weight excluding hydrogens is 382 g/mol. The van der Waals surface area contributed by atoms with Crippen LogP contribution in [0.4, 0.5) is 0 Å². The molecule has 0 aromatic carbocycles. The summed E-state index contributed by atoms with van der Waals surface area (Å²) in [6, 6.07) is 0. The molecule has 0 unspecified atom stereocenters. The number of carbonyl (C=O) groups excluding carboxylic acids is 3. The third-order valence-electron chi connectivity index (χ3n) is 5.13. The molecule has 0 radical (unpaired) electrons. The first kappa shape index (κ1) is 21.3. The van der Waals surface area contributed by atoms with Crippen LogP contribution >= 0.6 is 0 Å². The summed E-state index contributed by atoms with van der Waals surface area (Å²) in [5.74, 6) is -1.65. The van der Waals surface area contributed by atoms with Crippen LogP contribution in [-0.4, -0.2) is 48.8 Å². The molecule has 1 aliphatic carbocycles. The van der Waals surface area contributed by atoms with Crippen molar-refractivity contribution in [1.29, 1.82) is 0 Å². The Labute approximate surface area is 169 Å². The average Bonchev–Trinajstić information content (AvgIpc) is 3.14. The Balaban J connectivity index is 1.96. The molecule has 3 rings (SSSR count). The minimum Gasteiger partial charge on any atom is -0.464 e. The van der Waals surface area contributed by atoms with E-state index in [-0.39, 0.29) is 18.4 Å². The van der Waals surface area contributed by atoms with Crippen molar-refractivity contribution in [3.63, 3.8) is 0 Å². The van der Waals surface area contributed by atoms with Gasteiger partial charge >= 0.3 is 17.9 Å². The third-order valence-corrected chi connectivity index (χ3v) is 5.13. The first-order valence-electron chi connectivity index (χ1n) is 9.81. The summed E-state index contributed by atoms with van der Waals surface area (Å²) in [4.78, 5) is 38.2. The maximum absolute atomic E-state index is 12.3. The lowest BCUT2D eigenvalue weighted by Gasteiger charge is -2.37. The zero-order valence-corrected chi connectivity index (χ0v) is 16.9. The molecule has 0 amide bonds. The summed E-state index contributed by atoms with van der Waals surface area (Å²) in [6.45, 7) is 2.39. The number of carbonyl (C=O) groups is 3. The van der Waals surface area contributed by atoms with Gasteiger partial charge in [-0.2, -0.15) is 0 Å². The monoisotopic (exact) mass is 409 g/mol. The maximum atomic E-state index is 12.3. The highest BCUT2D eigenvalue weighted by atomic mass is 16.7. The predicted octanol–water partition coefficient (Wildman–Crippen LogP) is 2.72. The van der Waals surface area contributed by atoms with E-state index in [0.717, 1.165) is 25.7 Å². The fourth-order valence-corrected chi connectivity index (χ4v) is 3.83. The van der Waals surface area contributed by atoms with Gasteiger partial charge in [0.05, 0.1) is 13.2 Å². The quantitative estimate of drug-likeness (QED) is 0.564. The van der Waals surface area contributed by atoms with Gasteiger partial charge in [-0.1, -0.05) is 19.3 Å². The first-order chi connectivity index (χ1) is 13.9. The van der Waals surface area contributed by atoms with E-state index in [1.165, 1.54) is 27.4 Å². The Kier molecular flexibility index (Phi) is 6.92. The van der Waals surface area contributed by atoms with Crippen LogP contribution in [0, 0.1) is 0 Å². The van der Waals surface area contributed by atoms with E-state index in [2.05, 4.69) is 4.98 Å². The largest absolute Gasteiger partial charge is 0.464 e. The second-order valence-corrected chi connectivity index (χ2v) is 7.26. The van der Waals surface area contributed by atoms with Gasteiger partial charge in [-0.25, -0.2) is 4.79 Å². The first-order valence-corrected chi connectivity index (χ1v) is 9.81. The van der Waals surface area contributed by atoms with E-state index in [0.29, 0.717) is 11.1 Å². The predicted molar refractivity (Wildman–Crippen MR) is 98.8 cm³/mol. The lowest BCUT2D eigenvalue weighted by molar-refractivity contribution is -0.244. The molecular formula is C20H27NO8. The molecule has 0 spiro atoms. The molecule has 1 aromatic heterocycles. The molecule has 1 fully saturated rings. The van der Waals surface area contributed by atoms with Crippen molar-refractivity contribution in [3.8, 4) is 0 Å². The Morgan fingerprint density at radius 1 is 1.14 bits per heavy atom. The van der Waals surface area contributed by atoms with E-state index in [1.807, 2.05) is 0 Å². The van der Waals surface area contributed by atoms with Gasteiger partial charge in [-0.3, -0.25) is 9.59 Å². The van der Waals surface area contributed by atoms with Crippen LogP contribution < -0.4 is 0 Å². The van der Waals surface area contributed by atoms with E-state index in [4.69, 9.17) is 23.7 Å². The average molecular weight is 409 g/mol. The summed E-state index contributed by atoms with van der Waals surface area (Å²) < 4.78 is 27.7. The van der Waals surface area contributed by atoms with Gasteiger partial charge in [0.2, 0.25) is 0 Å². The van der Waals surface area contributed by atoms with Gasteiger partial charge in [0.1, 0.15) is 18.4 Å². The van der Waals surface area contributed by atoms with E-state index >= 15 is 0 Å². The van der Waals surface area contributed by atoms with Gasteiger partial charge in [-0.05, 0) is 12.8 Å². The standard InChI is InChI=1S/C20H27NO8/c1-11(22)26-10-15-18(27-12(2)23)16-14(9-21-17(16)19(24)25-3)20(29-15)28-13-7-5-4-6-8-13/h9,13,15,18,20-21H,4-8,10H2,1-3H3/t15-,18-,20+/m1/s1. The van der Waals surface area contributed by atoms with Crippen molar-refractivity contribution in [3.05, 3.63) is 23.0 Å². The fraction of sp³-hybridized carbons (Fsp3) is 0.650. The number of esters is 3. The summed E-state index contributed by atoms with van der Waals surface area (Å²) in [6.07, 6.45) is 4.25. The van der Waals surface area contributed by atoms with Gasteiger partial charge < -0.3 is 28.7 Å². The molecule has 1 N–H and O–H groups in total. The summed E-state index contributed by atoms with van der Waals surface area (Å²) in [5.41, 5.74) is 1.15. The zero-order chi connectivity index (χ0) is 21.0. The second-order valence-electron chi connectivity index (χ2n) is 7.26. The molecule has 0 bridgehead atoms. The number of hydrogen-bond donors (Lipinski definition) is 1. The number of fused-ring (bicyclic) bond motifs is 1. The Bertz CT molecular complexity index is 752. The number of methoxy groups -OCH3 is 1. The van der Waals surface area contributed by atoms with Gasteiger partial charge in [0.15, 0.2) is 12.4 Å². The van der Waals surface area contributed by atoms with Crippen molar-refractivity contribution >= 4 is 17.9 Å². The van der Waals surface area contributed by atoms with Crippen LogP contribution in [0.25, 0.3) is 0 Å².